The smallest absolute Gasteiger partial charge is 0.223 e. The first-order chi connectivity index (χ1) is 8.31. The van der Waals surface area contributed by atoms with Gasteiger partial charge in [0.15, 0.2) is 0 Å². The molecule has 1 amide bonds. The summed E-state index contributed by atoms with van der Waals surface area (Å²) in [5, 5.41) is 3.21. The average molecular weight is 236 g/mol. The molecule has 1 saturated heterocycles. The van der Waals surface area contributed by atoms with E-state index >= 15 is 0 Å². The summed E-state index contributed by atoms with van der Waals surface area (Å²) in [7, 11) is 0. The van der Waals surface area contributed by atoms with Crippen LogP contribution in [0.2, 0.25) is 0 Å². The molecule has 1 aliphatic rings. The second-order valence-corrected chi connectivity index (χ2v) is 4.48. The highest BCUT2D eigenvalue weighted by molar-refractivity contribution is 5.77. The third-order valence-corrected chi connectivity index (χ3v) is 3.15. The van der Waals surface area contributed by atoms with Gasteiger partial charge in [0.05, 0.1) is 12.3 Å². The molecule has 4 nitrogen and oxygen atoms in total. The summed E-state index contributed by atoms with van der Waals surface area (Å²) in [5.41, 5.74) is 0. The molecule has 1 N–H and O–H groups in total. The molecule has 0 aromatic carbocycles. The highest BCUT2D eigenvalue weighted by atomic mass is 16.3. The number of nitrogens with one attached hydrogen (secondary N) is 1. The molecule has 0 atom stereocenters. The van der Waals surface area contributed by atoms with E-state index in [2.05, 4.69) is 12.2 Å². The van der Waals surface area contributed by atoms with Crippen molar-refractivity contribution in [2.75, 3.05) is 19.6 Å². The number of furan rings is 1. The van der Waals surface area contributed by atoms with Crippen molar-refractivity contribution in [1.82, 2.24) is 10.2 Å². The van der Waals surface area contributed by atoms with Gasteiger partial charge in [-0.2, -0.15) is 0 Å². The van der Waals surface area contributed by atoms with Gasteiger partial charge >= 0.3 is 0 Å². The van der Waals surface area contributed by atoms with Gasteiger partial charge in [0, 0.05) is 32.5 Å². The van der Waals surface area contributed by atoms with Crippen LogP contribution in [0.3, 0.4) is 0 Å². The number of rotatable bonds is 6. The predicted octanol–water partition coefficient (Wildman–Crippen LogP) is 1.42. The van der Waals surface area contributed by atoms with Crippen molar-refractivity contribution in [3.05, 3.63) is 24.2 Å². The molecule has 0 spiro atoms. The van der Waals surface area contributed by atoms with Crippen LogP contribution in [0.4, 0.5) is 0 Å². The lowest BCUT2D eigenvalue weighted by Crippen LogP contribution is -2.59. The molecular weight excluding hydrogens is 216 g/mol. The zero-order chi connectivity index (χ0) is 12.1. The van der Waals surface area contributed by atoms with Crippen LogP contribution in [-0.2, 0) is 11.2 Å². The van der Waals surface area contributed by atoms with Crippen molar-refractivity contribution in [3.63, 3.8) is 0 Å². The maximum absolute atomic E-state index is 12.1. The first-order valence-electron chi connectivity index (χ1n) is 6.34. The van der Waals surface area contributed by atoms with Crippen LogP contribution in [-0.4, -0.2) is 36.5 Å². The Bertz CT molecular complexity index is 344. The quantitative estimate of drug-likeness (QED) is 0.812. The molecular formula is C13H20N2O2. The summed E-state index contributed by atoms with van der Waals surface area (Å²) < 4.78 is 5.24. The van der Waals surface area contributed by atoms with E-state index < -0.39 is 0 Å². The normalized spacial score (nSPS) is 15.6. The van der Waals surface area contributed by atoms with E-state index in [1.54, 1.807) is 6.26 Å². The molecule has 1 aliphatic heterocycles. The zero-order valence-corrected chi connectivity index (χ0v) is 10.3. The van der Waals surface area contributed by atoms with Crippen LogP contribution in [0.1, 0.15) is 25.5 Å². The Morgan fingerprint density at radius 2 is 2.41 bits per heavy atom. The van der Waals surface area contributed by atoms with Crippen LogP contribution < -0.4 is 5.32 Å². The van der Waals surface area contributed by atoms with E-state index in [1.807, 2.05) is 17.0 Å². The van der Waals surface area contributed by atoms with Gasteiger partial charge in [-0.05, 0) is 18.6 Å². The third kappa shape index (κ3) is 3.09. The van der Waals surface area contributed by atoms with Crippen molar-refractivity contribution in [1.29, 1.82) is 0 Å². The molecule has 0 aliphatic carbocycles. The Balaban J connectivity index is 1.83. The van der Waals surface area contributed by atoms with E-state index in [-0.39, 0.29) is 5.91 Å². The predicted molar refractivity (Wildman–Crippen MR) is 65.7 cm³/mol. The molecule has 0 radical (unpaired) electrons. The topological polar surface area (TPSA) is 45.5 Å². The number of carbonyl (C=O) groups is 1. The molecule has 1 aromatic heterocycles. The molecule has 17 heavy (non-hydrogen) atoms. The summed E-state index contributed by atoms with van der Waals surface area (Å²) in [6, 6.07) is 4.18. The monoisotopic (exact) mass is 236 g/mol. The van der Waals surface area contributed by atoms with Gasteiger partial charge in [0.25, 0.3) is 0 Å². The molecule has 0 bridgehead atoms. The number of hydrogen-bond donors (Lipinski definition) is 1. The van der Waals surface area contributed by atoms with E-state index in [0.717, 1.165) is 31.8 Å². The second kappa shape index (κ2) is 5.87. The Labute approximate surface area is 102 Å². The average Bonchev–Trinajstić information content (AvgIpc) is 2.75. The Hall–Kier alpha value is -1.29. The van der Waals surface area contributed by atoms with Crippen LogP contribution in [0.15, 0.2) is 22.8 Å². The zero-order valence-electron chi connectivity index (χ0n) is 10.3. The van der Waals surface area contributed by atoms with Crippen molar-refractivity contribution in [3.8, 4) is 0 Å². The highest BCUT2D eigenvalue weighted by Crippen LogP contribution is 2.11. The Morgan fingerprint density at radius 1 is 1.59 bits per heavy atom. The maximum Gasteiger partial charge on any atom is 0.223 e. The number of carbonyl (C=O) groups excluding carboxylic acids is 1. The second-order valence-electron chi connectivity index (χ2n) is 4.48. The number of aryl methyl sites for hydroxylation is 1. The van der Waals surface area contributed by atoms with Crippen LogP contribution in [0, 0.1) is 0 Å². The van der Waals surface area contributed by atoms with E-state index in [9.17, 15) is 4.79 Å². The lowest BCUT2D eigenvalue weighted by atomic mass is 10.1. The molecule has 94 valence electrons. The minimum Gasteiger partial charge on any atom is -0.469 e. The van der Waals surface area contributed by atoms with Gasteiger partial charge < -0.3 is 14.6 Å². The van der Waals surface area contributed by atoms with Gasteiger partial charge in [-0.15, -0.1) is 0 Å². The Kier molecular flexibility index (Phi) is 4.20. The third-order valence-electron chi connectivity index (χ3n) is 3.15. The minimum absolute atomic E-state index is 0.245. The van der Waals surface area contributed by atoms with Crippen LogP contribution >= 0.6 is 0 Å². The molecule has 2 rings (SSSR count). The molecule has 0 saturated carbocycles. The number of nitrogens with zero attached hydrogens (tertiary/aromatic N) is 1. The largest absolute Gasteiger partial charge is 0.469 e. The van der Waals surface area contributed by atoms with Crippen molar-refractivity contribution in [2.45, 2.75) is 32.2 Å². The van der Waals surface area contributed by atoms with Crippen molar-refractivity contribution in [2.24, 2.45) is 0 Å². The Morgan fingerprint density at radius 3 is 2.94 bits per heavy atom. The van der Waals surface area contributed by atoms with Crippen molar-refractivity contribution >= 4 is 5.91 Å². The maximum atomic E-state index is 12.1. The van der Waals surface area contributed by atoms with Gasteiger partial charge in [-0.25, -0.2) is 0 Å². The van der Waals surface area contributed by atoms with E-state index in [1.165, 1.54) is 0 Å². The fourth-order valence-corrected chi connectivity index (χ4v) is 2.07. The lowest BCUT2D eigenvalue weighted by molar-refractivity contribution is -0.134. The first kappa shape index (κ1) is 12.2. The van der Waals surface area contributed by atoms with Gasteiger partial charge in [-0.1, -0.05) is 6.92 Å². The van der Waals surface area contributed by atoms with Gasteiger partial charge in [-0.3, -0.25) is 4.79 Å². The van der Waals surface area contributed by atoms with E-state index in [0.29, 0.717) is 18.9 Å². The molecule has 4 heteroatoms. The number of hydrogen-bond acceptors (Lipinski definition) is 3. The number of amides is 1. The fraction of sp³-hybridized carbons (Fsp3) is 0.615. The van der Waals surface area contributed by atoms with Crippen molar-refractivity contribution < 1.29 is 9.21 Å². The minimum atomic E-state index is 0.245. The standard InChI is InChI=1S/C13H20N2O2/c1-2-7-15(11-9-14-10-11)13(16)6-5-12-4-3-8-17-12/h3-4,8,11,14H,2,5-7,9-10H2,1H3. The summed E-state index contributed by atoms with van der Waals surface area (Å²) in [6.07, 6.45) is 3.92. The summed E-state index contributed by atoms with van der Waals surface area (Å²) in [6.45, 7) is 4.85. The SMILES string of the molecule is CCCN(C(=O)CCc1ccco1)C1CNC1. The summed E-state index contributed by atoms with van der Waals surface area (Å²) in [4.78, 5) is 14.1. The lowest BCUT2D eigenvalue weighted by Gasteiger charge is -2.38. The van der Waals surface area contributed by atoms with Crippen LogP contribution in [0.25, 0.3) is 0 Å². The van der Waals surface area contributed by atoms with Gasteiger partial charge in [0.1, 0.15) is 5.76 Å². The van der Waals surface area contributed by atoms with Gasteiger partial charge in [0.2, 0.25) is 5.91 Å². The van der Waals surface area contributed by atoms with Crippen LogP contribution in [0.5, 0.6) is 0 Å². The van der Waals surface area contributed by atoms with E-state index in [4.69, 9.17) is 4.42 Å². The molecule has 1 aromatic rings. The summed E-state index contributed by atoms with van der Waals surface area (Å²) >= 11 is 0. The molecule has 0 unspecified atom stereocenters. The molecule has 2 heterocycles. The summed E-state index contributed by atoms with van der Waals surface area (Å²) in [5.74, 6) is 1.14. The highest BCUT2D eigenvalue weighted by Gasteiger charge is 2.27. The first-order valence-corrected chi connectivity index (χ1v) is 6.34. The molecule has 1 fully saturated rings. The fourth-order valence-electron chi connectivity index (χ4n) is 2.07.